The predicted octanol–water partition coefficient (Wildman–Crippen LogP) is 3.37. The van der Waals surface area contributed by atoms with Gasteiger partial charge in [-0.15, -0.1) is 11.3 Å². The first-order chi connectivity index (χ1) is 9.58. The van der Waals surface area contributed by atoms with Crippen molar-refractivity contribution in [2.24, 2.45) is 0 Å². The molecule has 5 heteroatoms. The molecule has 0 fully saturated rings. The number of nitrogens with zero attached hydrogens (tertiary/aromatic N) is 2. The fourth-order valence-corrected chi connectivity index (χ4v) is 3.51. The van der Waals surface area contributed by atoms with Crippen LogP contribution in [0.1, 0.15) is 52.0 Å². The van der Waals surface area contributed by atoms with Crippen LogP contribution in [0.4, 0.5) is 0 Å². The number of carbonyl (C=O) groups excluding carboxylic acids is 1. The van der Waals surface area contributed by atoms with Crippen LogP contribution in [0.3, 0.4) is 0 Å². The number of hydrogen-bond acceptors (Lipinski definition) is 4. The average Bonchev–Trinajstić information content (AvgIpc) is 3.03. The third-order valence-corrected chi connectivity index (χ3v) is 4.75. The zero-order valence-electron chi connectivity index (χ0n) is 12.0. The maximum atomic E-state index is 12.8. The number of aromatic nitrogens is 1. The molecule has 0 radical (unpaired) electrons. The summed E-state index contributed by atoms with van der Waals surface area (Å²) in [5, 5.41) is 6.07. The number of amides is 1. The lowest BCUT2D eigenvalue weighted by molar-refractivity contribution is 0.0732. The Morgan fingerprint density at radius 2 is 2.30 bits per heavy atom. The summed E-state index contributed by atoms with van der Waals surface area (Å²) in [5.74, 6) is 0.907. The van der Waals surface area contributed by atoms with Crippen LogP contribution in [-0.4, -0.2) is 22.5 Å². The summed E-state index contributed by atoms with van der Waals surface area (Å²) >= 11 is 1.78. The molecule has 0 aliphatic carbocycles. The lowest BCUT2D eigenvalue weighted by atomic mass is 10.0. The Bertz CT molecular complexity index is 642. The molecule has 106 valence electrons. The Morgan fingerprint density at radius 3 is 3.05 bits per heavy atom. The minimum atomic E-state index is 0.0456. The summed E-state index contributed by atoms with van der Waals surface area (Å²) in [6.07, 6.45) is 0.945. The second-order valence-electron chi connectivity index (χ2n) is 5.51. The highest BCUT2D eigenvalue weighted by atomic mass is 32.1. The molecule has 3 rings (SSSR count). The zero-order valence-corrected chi connectivity index (χ0v) is 12.8. The van der Waals surface area contributed by atoms with Crippen LogP contribution in [0, 0.1) is 6.92 Å². The maximum Gasteiger partial charge on any atom is 0.259 e. The smallest absolute Gasteiger partial charge is 0.259 e. The van der Waals surface area contributed by atoms with Crippen molar-refractivity contribution in [3.63, 3.8) is 0 Å². The fourth-order valence-electron chi connectivity index (χ4n) is 2.62. The third kappa shape index (κ3) is 2.16. The summed E-state index contributed by atoms with van der Waals surface area (Å²) < 4.78 is 5.33. The van der Waals surface area contributed by atoms with Crippen molar-refractivity contribution in [2.45, 2.75) is 39.7 Å². The highest BCUT2D eigenvalue weighted by molar-refractivity contribution is 7.10. The average molecular weight is 290 g/mol. The Balaban J connectivity index is 1.89. The van der Waals surface area contributed by atoms with E-state index in [2.05, 4.69) is 16.6 Å². The lowest BCUT2D eigenvalue weighted by Gasteiger charge is -2.27. The molecule has 1 amide bonds. The number of hydrogen-bond donors (Lipinski definition) is 0. The van der Waals surface area contributed by atoms with Gasteiger partial charge in [-0.2, -0.15) is 0 Å². The SMILES string of the molecule is Cc1noc(C(C)C)c1C(=O)N1CCc2sccc2C1. The van der Waals surface area contributed by atoms with E-state index in [-0.39, 0.29) is 11.8 Å². The van der Waals surface area contributed by atoms with E-state index in [9.17, 15) is 4.79 Å². The molecule has 2 aromatic rings. The molecule has 4 nitrogen and oxygen atoms in total. The van der Waals surface area contributed by atoms with E-state index in [0.29, 0.717) is 23.6 Å². The first-order valence-electron chi connectivity index (χ1n) is 6.88. The van der Waals surface area contributed by atoms with Gasteiger partial charge in [0, 0.05) is 23.9 Å². The van der Waals surface area contributed by atoms with E-state index in [1.807, 2.05) is 25.7 Å². The van der Waals surface area contributed by atoms with Crippen molar-refractivity contribution in [2.75, 3.05) is 6.54 Å². The van der Waals surface area contributed by atoms with Crippen molar-refractivity contribution in [1.29, 1.82) is 0 Å². The normalized spacial score (nSPS) is 14.7. The van der Waals surface area contributed by atoms with Gasteiger partial charge in [0.05, 0.1) is 5.69 Å². The van der Waals surface area contributed by atoms with Gasteiger partial charge in [-0.05, 0) is 30.4 Å². The summed E-state index contributed by atoms with van der Waals surface area (Å²) in [5.41, 5.74) is 2.61. The predicted molar refractivity (Wildman–Crippen MR) is 78.1 cm³/mol. The van der Waals surface area contributed by atoms with Gasteiger partial charge < -0.3 is 9.42 Å². The van der Waals surface area contributed by atoms with Gasteiger partial charge >= 0.3 is 0 Å². The summed E-state index contributed by atoms with van der Waals surface area (Å²) in [6, 6.07) is 2.11. The van der Waals surface area contributed by atoms with Crippen LogP contribution in [0.5, 0.6) is 0 Å². The number of thiophene rings is 1. The van der Waals surface area contributed by atoms with Gasteiger partial charge in [-0.25, -0.2) is 0 Å². The Morgan fingerprint density at radius 1 is 1.50 bits per heavy atom. The summed E-state index contributed by atoms with van der Waals surface area (Å²) in [7, 11) is 0. The topological polar surface area (TPSA) is 46.3 Å². The quantitative estimate of drug-likeness (QED) is 0.852. The van der Waals surface area contributed by atoms with Crippen LogP contribution in [-0.2, 0) is 13.0 Å². The van der Waals surface area contributed by atoms with Crippen molar-refractivity contribution in [3.05, 3.63) is 38.9 Å². The van der Waals surface area contributed by atoms with Gasteiger partial charge in [-0.1, -0.05) is 19.0 Å². The molecule has 0 unspecified atom stereocenters. The second kappa shape index (κ2) is 5.05. The Kier molecular flexibility index (Phi) is 3.38. The van der Waals surface area contributed by atoms with E-state index in [1.54, 1.807) is 11.3 Å². The molecular formula is C15H18N2O2S. The first kappa shape index (κ1) is 13.4. The maximum absolute atomic E-state index is 12.8. The zero-order chi connectivity index (χ0) is 14.3. The molecule has 0 saturated heterocycles. The van der Waals surface area contributed by atoms with Crippen LogP contribution in [0.25, 0.3) is 0 Å². The van der Waals surface area contributed by atoms with Crippen LogP contribution < -0.4 is 0 Å². The molecule has 0 atom stereocenters. The standard InChI is InChI=1S/C15H18N2O2S/c1-9(2)14-13(10(3)16-19-14)15(18)17-6-4-12-11(8-17)5-7-20-12/h5,7,9H,4,6,8H2,1-3H3. The van der Waals surface area contributed by atoms with Crippen molar-refractivity contribution >= 4 is 17.2 Å². The highest BCUT2D eigenvalue weighted by Gasteiger charge is 2.29. The van der Waals surface area contributed by atoms with Crippen molar-refractivity contribution < 1.29 is 9.32 Å². The van der Waals surface area contributed by atoms with E-state index in [1.165, 1.54) is 10.4 Å². The van der Waals surface area contributed by atoms with E-state index < -0.39 is 0 Å². The molecule has 0 spiro atoms. The summed E-state index contributed by atoms with van der Waals surface area (Å²) in [6.45, 7) is 7.34. The molecular weight excluding hydrogens is 272 g/mol. The molecule has 3 heterocycles. The van der Waals surface area contributed by atoms with Crippen LogP contribution in [0.15, 0.2) is 16.0 Å². The van der Waals surface area contributed by atoms with Gasteiger partial charge in [-0.3, -0.25) is 4.79 Å². The molecule has 0 aromatic carbocycles. The number of aryl methyl sites for hydroxylation is 1. The minimum Gasteiger partial charge on any atom is -0.360 e. The van der Waals surface area contributed by atoms with Crippen molar-refractivity contribution in [1.82, 2.24) is 10.1 Å². The van der Waals surface area contributed by atoms with Gasteiger partial charge in [0.15, 0.2) is 5.76 Å². The molecule has 2 aromatic heterocycles. The molecule has 0 saturated carbocycles. The lowest BCUT2D eigenvalue weighted by Crippen LogP contribution is -2.36. The number of carbonyl (C=O) groups is 1. The molecule has 0 bridgehead atoms. The largest absolute Gasteiger partial charge is 0.360 e. The van der Waals surface area contributed by atoms with E-state index in [0.717, 1.165) is 13.0 Å². The highest BCUT2D eigenvalue weighted by Crippen LogP contribution is 2.28. The van der Waals surface area contributed by atoms with E-state index >= 15 is 0 Å². The van der Waals surface area contributed by atoms with Gasteiger partial charge in [0.2, 0.25) is 0 Å². The molecule has 1 aliphatic heterocycles. The minimum absolute atomic E-state index is 0.0456. The van der Waals surface area contributed by atoms with E-state index in [4.69, 9.17) is 4.52 Å². The second-order valence-corrected chi connectivity index (χ2v) is 6.51. The molecule has 1 aliphatic rings. The Hall–Kier alpha value is -1.62. The fraction of sp³-hybridized carbons (Fsp3) is 0.467. The Labute approximate surface area is 122 Å². The molecule has 20 heavy (non-hydrogen) atoms. The van der Waals surface area contributed by atoms with Crippen molar-refractivity contribution in [3.8, 4) is 0 Å². The number of rotatable bonds is 2. The molecule has 0 N–H and O–H groups in total. The van der Waals surface area contributed by atoms with Crippen LogP contribution in [0.2, 0.25) is 0 Å². The summed E-state index contributed by atoms with van der Waals surface area (Å²) in [4.78, 5) is 16.1. The van der Waals surface area contributed by atoms with Gasteiger partial charge in [0.25, 0.3) is 5.91 Å². The third-order valence-electron chi connectivity index (χ3n) is 3.72. The first-order valence-corrected chi connectivity index (χ1v) is 7.76. The monoisotopic (exact) mass is 290 g/mol. The van der Waals surface area contributed by atoms with Crippen LogP contribution >= 0.6 is 11.3 Å². The number of fused-ring (bicyclic) bond motifs is 1. The van der Waals surface area contributed by atoms with Gasteiger partial charge in [0.1, 0.15) is 5.56 Å².